The SMILES string of the molecule is CCCCCCCC(=O)N[C@H](CN1CCCC1)[C@H](O)C1=CC=C2OCCOC2C1. The van der Waals surface area contributed by atoms with Gasteiger partial charge in [-0.05, 0) is 44.0 Å². The molecule has 6 nitrogen and oxygen atoms in total. The number of carbonyl (C=O) groups is 1. The van der Waals surface area contributed by atoms with Crippen molar-refractivity contribution in [2.75, 3.05) is 32.8 Å². The van der Waals surface area contributed by atoms with Gasteiger partial charge in [0.25, 0.3) is 0 Å². The highest BCUT2D eigenvalue weighted by molar-refractivity contribution is 5.76. The Kier molecular flexibility index (Phi) is 9.02. The minimum atomic E-state index is -0.706. The van der Waals surface area contributed by atoms with Gasteiger partial charge in [0, 0.05) is 19.4 Å². The van der Waals surface area contributed by atoms with E-state index in [1.165, 1.54) is 32.1 Å². The minimum absolute atomic E-state index is 0.0506. The van der Waals surface area contributed by atoms with Crippen molar-refractivity contribution in [3.8, 4) is 0 Å². The number of rotatable bonds is 11. The molecule has 0 saturated carbocycles. The average molecular weight is 407 g/mol. The lowest BCUT2D eigenvalue weighted by molar-refractivity contribution is -0.122. The third-order valence-corrected chi connectivity index (χ3v) is 6.14. The molecule has 0 aromatic carbocycles. The molecule has 29 heavy (non-hydrogen) atoms. The quantitative estimate of drug-likeness (QED) is 0.516. The molecule has 3 rings (SSSR count). The van der Waals surface area contributed by atoms with Crippen LogP contribution in [-0.4, -0.2) is 67.0 Å². The summed E-state index contributed by atoms with van der Waals surface area (Å²) in [7, 11) is 0. The second kappa shape index (κ2) is 11.7. The maximum atomic E-state index is 12.6. The van der Waals surface area contributed by atoms with Gasteiger partial charge in [-0.3, -0.25) is 4.79 Å². The lowest BCUT2D eigenvalue weighted by Gasteiger charge is -2.34. The summed E-state index contributed by atoms with van der Waals surface area (Å²) in [6.07, 6.45) is 12.2. The predicted molar refractivity (Wildman–Crippen MR) is 113 cm³/mol. The van der Waals surface area contributed by atoms with Crippen LogP contribution in [0.4, 0.5) is 0 Å². The monoisotopic (exact) mass is 406 g/mol. The van der Waals surface area contributed by atoms with E-state index >= 15 is 0 Å². The fourth-order valence-electron chi connectivity index (χ4n) is 4.42. The van der Waals surface area contributed by atoms with Crippen LogP contribution in [0, 0.1) is 0 Å². The van der Waals surface area contributed by atoms with Crippen LogP contribution in [0.15, 0.2) is 23.5 Å². The molecule has 1 aliphatic carbocycles. The van der Waals surface area contributed by atoms with Crippen LogP contribution < -0.4 is 5.32 Å². The van der Waals surface area contributed by atoms with Crippen LogP contribution in [0.2, 0.25) is 0 Å². The molecular formula is C23H38N2O4. The standard InChI is InChI=1S/C23H38N2O4/c1-2-3-4-5-6-9-22(26)24-19(17-25-12-7-8-13-25)23(27)18-10-11-20-21(16-18)29-15-14-28-20/h10-11,19,21,23,27H,2-9,12-17H2,1H3,(H,24,26)/t19-,21?,23-/m1/s1. The van der Waals surface area contributed by atoms with Crippen molar-refractivity contribution >= 4 is 5.91 Å². The number of hydrogen-bond donors (Lipinski definition) is 2. The Hall–Kier alpha value is -1.37. The molecule has 2 aliphatic heterocycles. The number of aliphatic hydroxyl groups excluding tert-OH is 1. The summed E-state index contributed by atoms with van der Waals surface area (Å²) in [6, 6.07) is -0.290. The van der Waals surface area contributed by atoms with Crippen LogP contribution in [0.1, 0.15) is 64.7 Å². The number of likely N-dealkylation sites (tertiary alicyclic amines) is 1. The molecule has 2 heterocycles. The number of aliphatic hydroxyl groups is 1. The molecule has 3 atom stereocenters. The lowest BCUT2D eigenvalue weighted by Crippen LogP contribution is -2.51. The minimum Gasteiger partial charge on any atom is -0.493 e. The molecule has 0 aromatic heterocycles. The molecular weight excluding hydrogens is 368 g/mol. The van der Waals surface area contributed by atoms with E-state index in [1.54, 1.807) is 0 Å². The summed E-state index contributed by atoms with van der Waals surface area (Å²) < 4.78 is 11.4. The van der Waals surface area contributed by atoms with Gasteiger partial charge in [0.15, 0.2) is 0 Å². The molecule has 0 bridgehead atoms. The number of nitrogens with zero attached hydrogens (tertiary/aromatic N) is 1. The number of nitrogens with one attached hydrogen (secondary N) is 1. The lowest BCUT2D eigenvalue weighted by atomic mass is 9.91. The fraction of sp³-hybridized carbons (Fsp3) is 0.783. The zero-order valence-electron chi connectivity index (χ0n) is 17.9. The second-order valence-corrected chi connectivity index (χ2v) is 8.51. The topological polar surface area (TPSA) is 71.0 Å². The van der Waals surface area contributed by atoms with E-state index in [0.717, 1.165) is 37.3 Å². The Morgan fingerprint density at radius 1 is 1.21 bits per heavy atom. The molecule has 2 fully saturated rings. The summed E-state index contributed by atoms with van der Waals surface area (Å²) in [5.41, 5.74) is 0.914. The number of allylic oxidation sites excluding steroid dienone is 2. The molecule has 6 heteroatoms. The van der Waals surface area contributed by atoms with E-state index in [1.807, 2.05) is 12.2 Å². The average Bonchev–Trinajstić information content (AvgIpc) is 3.25. The van der Waals surface area contributed by atoms with Crippen LogP contribution in [0.5, 0.6) is 0 Å². The van der Waals surface area contributed by atoms with E-state index < -0.39 is 6.10 Å². The zero-order chi connectivity index (χ0) is 20.5. The Bertz CT molecular complexity index is 583. The molecule has 0 spiro atoms. The van der Waals surface area contributed by atoms with Gasteiger partial charge in [0.1, 0.15) is 18.5 Å². The largest absolute Gasteiger partial charge is 0.493 e. The van der Waals surface area contributed by atoms with Crippen molar-refractivity contribution < 1.29 is 19.4 Å². The smallest absolute Gasteiger partial charge is 0.220 e. The summed E-state index contributed by atoms with van der Waals surface area (Å²) in [6.45, 7) is 6.13. The van der Waals surface area contributed by atoms with Crippen LogP contribution in [0.3, 0.4) is 0 Å². The first-order chi connectivity index (χ1) is 14.2. The van der Waals surface area contributed by atoms with E-state index in [9.17, 15) is 9.90 Å². The van der Waals surface area contributed by atoms with Gasteiger partial charge in [0.05, 0.1) is 18.8 Å². The molecule has 0 radical (unpaired) electrons. The van der Waals surface area contributed by atoms with E-state index in [-0.39, 0.29) is 18.1 Å². The van der Waals surface area contributed by atoms with Gasteiger partial charge in [-0.25, -0.2) is 0 Å². The molecule has 0 aromatic rings. The first kappa shape index (κ1) is 22.3. The normalized spacial score (nSPS) is 24.1. The number of amides is 1. The second-order valence-electron chi connectivity index (χ2n) is 8.51. The zero-order valence-corrected chi connectivity index (χ0v) is 17.9. The van der Waals surface area contributed by atoms with Gasteiger partial charge in [0.2, 0.25) is 5.91 Å². The molecule has 3 aliphatic rings. The Balaban J connectivity index is 1.57. The molecule has 2 saturated heterocycles. The Morgan fingerprint density at radius 3 is 2.79 bits per heavy atom. The number of unbranched alkanes of at least 4 members (excludes halogenated alkanes) is 4. The molecule has 2 N–H and O–H groups in total. The van der Waals surface area contributed by atoms with Gasteiger partial charge >= 0.3 is 0 Å². The third-order valence-electron chi connectivity index (χ3n) is 6.14. The van der Waals surface area contributed by atoms with Gasteiger partial charge in [-0.15, -0.1) is 0 Å². The summed E-state index contributed by atoms with van der Waals surface area (Å²) >= 11 is 0. The highest BCUT2D eigenvalue weighted by Crippen LogP contribution is 2.28. The van der Waals surface area contributed by atoms with Crippen LogP contribution in [0.25, 0.3) is 0 Å². The molecule has 164 valence electrons. The highest BCUT2D eigenvalue weighted by atomic mass is 16.6. The van der Waals surface area contributed by atoms with Gasteiger partial charge < -0.3 is 24.8 Å². The number of hydrogen-bond acceptors (Lipinski definition) is 5. The first-order valence-electron chi connectivity index (χ1n) is 11.5. The summed E-state index contributed by atoms with van der Waals surface area (Å²) in [5, 5.41) is 14.3. The maximum Gasteiger partial charge on any atom is 0.220 e. The van der Waals surface area contributed by atoms with Crippen LogP contribution >= 0.6 is 0 Å². The van der Waals surface area contributed by atoms with Crippen molar-refractivity contribution in [1.29, 1.82) is 0 Å². The fourth-order valence-corrected chi connectivity index (χ4v) is 4.42. The Labute approximate surface area is 175 Å². The van der Waals surface area contributed by atoms with E-state index in [4.69, 9.17) is 9.47 Å². The van der Waals surface area contributed by atoms with Crippen molar-refractivity contribution in [2.24, 2.45) is 0 Å². The van der Waals surface area contributed by atoms with Crippen molar-refractivity contribution in [3.63, 3.8) is 0 Å². The molecule has 1 amide bonds. The number of ether oxygens (including phenoxy) is 2. The Morgan fingerprint density at radius 2 is 2.00 bits per heavy atom. The van der Waals surface area contributed by atoms with Crippen molar-refractivity contribution in [2.45, 2.75) is 83.0 Å². The van der Waals surface area contributed by atoms with Gasteiger partial charge in [-0.2, -0.15) is 0 Å². The first-order valence-corrected chi connectivity index (χ1v) is 11.5. The number of fused-ring (bicyclic) bond motifs is 1. The number of carbonyl (C=O) groups excluding carboxylic acids is 1. The molecule has 1 unspecified atom stereocenters. The third kappa shape index (κ3) is 6.83. The van der Waals surface area contributed by atoms with Gasteiger partial charge in [-0.1, -0.05) is 38.7 Å². The maximum absolute atomic E-state index is 12.6. The predicted octanol–water partition coefficient (Wildman–Crippen LogP) is 2.92. The summed E-state index contributed by atoms with van der Waals surface area (Å²) in [5.74, 6) is 0.897. The summed E-state index contributed by atoms with van der Waals surface area (Å²) in [4.78, 5) is 14.9. The highest BCUT2D eigenvalue weighted by Gasteiger charge is 2.32. The van der Waals surface area contributed by atoms with E-state index in [0.29, 0.717) is 32.6 Å². The van der Waals surface area contributed by atoms with Crippen molar-refractivity contribution in [3.05, 3.63) is 23.5 Å². The van der Waals surface area contributed by atoms with E-state index in [2.05, 4.69) is 17.1 Å². The van der Waals surface area contributed by atoms with Crippen molar-refractivity contribution in [1.82, 2.24) is 10.2 Å². The van der Waals surface area contributed by atoms with Crippen LogP contribution in [-0.2, 0) is 14.3 Å².